The minimum absolute atomic E-state index is 0.0972. The van der Waals surface area contributed by atoms with E-state index in [9.17, 15) is 4.79 Å². The first-order chi connectivity index (χ1) is 7.49. The van der Waals surface area contributed by atoms with Crippen molar-refractivity contribution in [2.24, 2.45) is 11.8 Å². The van der Waals surface area contributed by atoms with Crippen molar-refractivity contribution in [3.63, 3.8) is 0 Å². The fourth-order valence-electron chi connectivity index (χ4n) is 2.43. The minimum Gasteiger partial charge on any atom is -0.349 e. The average Bonchev–Trinajstić information content (AvgIpc) is 2.24. The maximum Gasteiger partial charge on any atom is 0.230 e. The van der Waals surface area contributed by atoms with Gasteiger partial charge < -0.3 is 14.4 Å². The molecule has 0 aliphatic heterocycles. The molecule has 0 aromatic rings. The lowest BCUT2D eigenvalue weighted by Crippen LogP contribution is -2.63. The van der Waals surface area contributed by atoms with Crippen LogP contribution in [0.2, 0.25) is 0 Å². The van der Waals surface area contributed by atoms with Gasteiger partial charge in [0.05, 0.1) is 5.92 Å². The molecule has 1 amide bonds. The predicted octanol–water partition coefficient (Wildman–Crippen LogP) is 1.50. The van der Waals surface area contributed by atoms with Crippen LogP contribution < -0.4 is 0 Å². The van der Waals surface area contributed by atoms with Crippen LogP contribution in [0.4, 0.5) is 0 Å². The van der Waals surface area contributed by atoms with Gasteiger partial charge in [-0.15, -0.1) is 0 Å². The summed E-state index contributed by atoms with van der Waals surface area (Å²) in [7, 11) is 3.54. The van der Waals surface area contributed by atoms with Gasteiger partial charge in [0, 0.05) is 33.2 Å². The Hall–Kier alpha value is -0.610. The van der Waals surface area contributed by atoms with E-state index in [1.54, 1.807) is 19.0 Å². The van der Waals surface area contributed by atoms with Crippen LogP contribution in [-0.4, -0.2) is 43.9 Å². The van der Waals surface area contributed by atoms with Crippen molar-refractivity contribution in [1.29, 1.82) is 0 Å². The summed E-state index contributed by atoms with van der Waals surface area (Å²) in [5.41, 5.74) is 0. The number of amides is 1. The van der Waals surface area contributed by atoms with Gasteiger partial charge >= 0.3 is 0 Å². The Morgan fingerprint density at radius 2 is 1.81 bits per heavy atom. The summed E-state index contributed by atoms with van der Waals surface area (Å²) in [4.78, 5) is 13.6. The fourth-order valence-corrected chi connectivity index (χ4v) is 2.43. The zero-order chi connectivity index (χ0) is 12.3. The Balaban J connectivity index is 2.82. The molecule has 1 saturated carbocycles. The largest absolute Gasteiger partial charge is 0.349 e. The van der Waals surface area contributed by atoms with E-state index in [2.05, 4.69) is 6.92 Å². The Kier molecular flexibility index (Phi) is 4.33. The van der Waals surface area contributed by atoms with Crippen molar-refractivity contribution in [1.82, 2.24) is 4.90 Å². The van der Waals surface area contributed by atoms with Gasteiger partial charge in [-0.3, -0.25) is 4.79 Å². The number of rotatable bonds is 5. The summed E-state index contributed by atoms with van der Waals surface area (Å²) in [6.45, 7) is 7.08. The van der Waals surface area contributed by atoms with Crippen LogP contribution in [0.5, 0.6) is 0 Å². The Morgan fingerprint density at radius 1 is 1.31 bits per heavy atom. The lowest BCUT2D eigenvalue weighted by atomic mass is 9.68. The van der Waals surface area contributed by atoms with Crippen LogP contribution in [0.3, 0.4) is 0 Å². The first-order valence-electron chi connectivity index (χ1n) is 5.98. The molecule has 0 bridgehead atoms. The molecule has 4 nitrogen and oxygen atoms in total. The number of carbonyl (C=O) groups is 1. The van der Waals surface area contributed by atoms with Crippen molar-refractivity contribution < 1.29 is 14.3 Å². The molecule has 1 aliphatic carbocycles. The number of carbonyl (C=O) groups excluding carboxylic acids is 1. The number of hydrogen-bond donors (Lipinski definition) is 0. The highest BCUT2D eigenvalue weighted by Gasteiger charge is 2.58. The molecule has 1 fully saturated rings. The molecule has 1 aliphatic rings. The van der Waals surface area contributed by atoms with E-state index in [-0.39, 0.29) is 17.7 Å². The number of nitrogens with zero attached hydrogens (tertiary/aromatic N) is 1. The van der Waals surface area contributed by atoms with E-state index < -0.39 is 5.79 Å². The molecule has 0 radical (unpaired) electrons. The van der Waals surface area contributed by atoms with Crippen LogP contribution in [0, 0.1) is 11.8 Å². The maximum atomic E-state index is 12.0. The fraction of sp³-hybridized carbons (Fsp3) is 0.917. The normalized spacial score (nSPS) is 27.3. The number of ether oxygens (including phenoxy) is 2. The van der Waals surface area contributed by atoms with Crippen LogP contribution in [0.25, 0.3) is 0 Å². The zero-order valence-corrected chi connectivity index (χ0v) is 10.9. The van der Waals surface area contributed by atoms with Crippen molar-refractivity contribution in [3.8, 4) is 0 Å². The smallest absolute Gasteiger partial charge is 0.230 e. The van der Waals surface area contributed by atoms with Crippen molar-refractivity contribution in [3.05, 3.63) is 0 Å². The van der Waals surface area contributed by atoms with Gasteiger partial charge in [-0.25, -0.2) is 0 Å². The molecule has 2 atom stereocenters. The molecule has 1 rings (SSSR count). The topological polar surface area (TPSA) is 38.8 Å². The third-order valence-corrected chi connectivity index (χ3v) is 3.24. The third kappa shape index (κ3) is 2.09. The molecule has 0 saturated heterocycles. The lowest BCUT2D eigenvalue weighted by Gasteiger charge is -2.52. The van der Waals surface area contributed by atoms with E-state index in [1.807, 2.05) is 13.8 Å². The number of hydrogen-bond acceptors (Lipinski definition) is 3. The van der Waals surface area contributed by atoms with Gasteiger partial charge in [-0.1, -0.05) is 6.92 Å². The maximum absolute atomic E-state index is 12.0. The molecular formula is C12H23NO3. The SMILES string of the molecule is CCOC1(OCC)[C@@H](C(=O)N(C)C)C[C@@H]1C. The highest BCUT2D eigenvalue weighted by Crippen LogP contribution is 2.48. The predicted molar refractivity (Wildman–Crippen MR) is 61.9 cm³/mol. The Labute approximate surface area is 97.9 Å². The summed E-state index contributed by atoms with van der Waals surface area (Å²) < 4.78 is 11.5. The second-order valence-electron chi connectivity index (χ2n) is 4.51. The third-order valence-electron chi connectivity index (χ3n) is 3.24. The Morgan fingerprint density at radius 3 is 2.12 bits per heavy atom. The first kappa shape index (κ1) is 13.5. The van der Waals surface area contributed by atoms with Crippen LogP contribution in [0.15, 0.2) is 0 Å². The highest BCUT2D eigenvalue weighted by molar-refractivity contribution is 5.80. The zero-order valence-electron chi connectivity index (χ0n) is 10.9. The van der Waals surface area contributed by atoms with Crippen molar-refractivity contribution >= 4 is 5.91 Å². The highest BCUT2D eigenvalue weighted by atomic mass is 16.7. The lowest BCUT2D eigenvalue weighted by molar-refractivity contribution is -0.330. The summed E-state index contributed by atoms with van der Waals surface area (Å²) in [5.74, 6) is -0.469. The molecule has 0 unspecified atom stereocenters. The van der Waals surface area contributed by atoms with Gasteiger partial charge in [0.15, 0.2) is 5.79 Å². The summed E-state index contributed by atoms with van der Waals surface area (Å²) in [6.07, 6.45) is 0.844. The van der Waals surface area contributed by atoms with Gasteiger partial charge in [0.1, 0.15) is 0 Å². The molecule has 0 aromatic heterocycles. The van der Waals surface area contributed by atoms with Crippen LogP contribution >= 0.6 is 0 Å². The van der Waals surface area contributed by atoms with Crippen LogP contribution in [-0.2, 0) is 14.3 Å². The van der Waals surface area contributed by atoms with Crippen molar-refractivity contribution in [2.75, 3.05) is 27.3 Å². The molecule has 16 heavy (non-hydrogen) atoms. The van der Waals surface area contributed by atoms with Crippen molar-refractivity contribution in [2.45, 2.75) is 33.0 Å². The molecular weight excluding hydrogens is 206 g/mol. The molecule has 0 N–H and O–H groups in total. The molecule has 4 heteroatoms. The molecule has 0 aromatic carbocycles. The summed E-state index contributed by atoms with van der Waals surface area (Å²) in [5, 5.41) is 0. The van der Waals surface area contributed by atoms with E-state index in [1.165, 1.54) is 0 Å². The van der Waals surface area contributed by atoms with Gasteiger partial charge in [-0.05, 0) is 20.3 Å². The van der Waals surface area contributed by atoms with Crippen LogP contribution in [0.1, 0.15) is 27.2 Å². The molecule has 0 heterocycles. The quantitative estimate of drug-likeness (QED) is 0.671. The monoisotopic (exact) mass is 229 g/mol. The van der Waals surface area contributed by atoms with Gasteiger partial charge in [0.2, 0.25) is 5.91 Å². The van der Waals surface area contributed by atoms with E-state index in [0.29, 0.717) is 13.2 Å². The summed E-state index contributed by atoms with van der Waals surface area (Å²) in [6, 6.07) is 0. The first-order valence-corrected chi connectivity index (χ1v) is 5.98. The van der Waals surface area contributed by atoms with Gasteiger partial charge in [-0.2, -0.15) is 0 Å². The van der Waals surface area contributed by atoms with E-state index in [4.69, 9.17) is 9.47 Å². The second kappa shape index (κ2) is 5.15. The van der Waals surface area contributed by atoms with E-state index in [0.717, 1.165) is 6.42 Å². The Bertz CT molecular complexity index is 247. The van der Waals surface area contributed by atoms with Gasteiger partial charge in [0.25, 0.3) is 0 Å². The van der Waals surface area contributed by atoms with E-state index >= 15 is 0 Å². The molecule has 94 valence electrons. The minimum atomic E-state index is -0.690. The molecule has 0 spiro atoms. The summed E-state index contributed by atoms with van der Waals surface area (Å²) >= 11 is 0. The second-order valence-corrected chi connectivity index (χ2v) is 4.51. The standard InChI is InChI=1S/C12H23NO3/c1-6-15-12(16-7-2)9(3)8-10(12)11(14)13(4)5/h9-10H,6-8H2,1-5H3/t9-,10+/m0/s1. The average molecular weight is 229 g/mol.